The highest BCUT2D eigenvalue weighted by atomic mass is 35.5. The van der Waals surface area contributed by atoms with Crippen molar-refractivity contribution >= 4 is 23.5 Å². The smallest absolute Gasteiger partial charge is 0.408 e. The molecular weight excluding hydrogens is 366 g/mol. The number of carbonyl (C=O) groups excluding carboxylic acids is 1. The Balaban J connectivity index is 2.09. The first-order valence-electron chi connectivity index (χ1n) is 9.61. The number of piperidine rings is 1. The average molecular weight is 394 g/mol. The molecule has 27 heavy (non-hydrogen) atoms. The zero-order valence-corrected chi connectivity index (χ0v) is 16.6. The molecule has 2 saturated heterocycles. The van der Waals surface area contributed by atoms with Crippen LogP contribution in [0.3, 0.4) is 0 Å². The van der Waals surface area contributed by atoms with Crippen LogP contribution < -0.4 is 10.6 Å². The minimum atomic E-state index is -1.10. The Morgan fingerprint density at radius 3 is 2.37 bits per heavy atom. The summed E-state index contributed by atoms with van der Waals surface area (Å²) >= 11 is 6.04. The summed E-state index contributed by atoms with van der Waals surface area (Å²) in [4.78, 5) is 27.5. The number of halogens is 1. The van der Waals surface area contributed by atoms with Gasteiger partial charge in [0.25, 0.3) is 0 Å². The van der Waals surface area contributed by atoms with Crippen molar-refractivity contribution in [2.45, 2.75) is 44.2 Å². The molecule has 2 heterocycles. The van der Waals surface area contributed by atoms with Crippen molar-refractivity contribution in [3.63, 3.8) is 0 Å². The Morgan fingerprint density at radius 2 is 1.81 bits per heavy atom. The molecule has 2 aliphatic heterocycles. The molecule has 148 valence electrons. The van der Waals surface area contributed by atoms with E-state index in [-0.39, 0.29) is 23.7 Å². The number of nitrogens with zero attached hydrogens (tertiary/aromatic N) is 1. The summed E-state index contributed by atoms with van der Waals surface area (Å²) in [5.74, 6) is -0.317. The second-order valence-electron chi connectivity index (χ2n) is 7.79. The first-order valence-corrected chi connectivity index (χ1v) is 9.99. The Labute approximate surface area is 165 Å². The van der Waals surface area contributed by atoms with E-state index in [4.69, 9.17) is 11.6 Å². The molecule has 3 N–H and O–H groups in total. The highest BCUT2D eigenvalue weighted by molar-refractivity contribution is 6.30. The topological polar surface area (TPSA) is 81.7 Å². The van der Waals surface area contributed by atoms with E-state index >= 15 is 0 Å². The largest absolute Gasteiger partial charge is 0.465 e. The van der Waals surface area contributed by atoms with Crippen LogP contribution in [0.15, 0.2) is 24.3 Å². The summed E-state index contributed by atoms with van der Waals surface area (Å²) in [5, 5.41) is 17.3. The van der Waals surface area contributed by atoms with Gasteiger partial charge in [-0.3, -0.25) is 9.69 Å². The van der Waals surface area contributed by atoms with E-state index in [1.807, 2.05) is 26.0 Å². The second kappa shape index (κ2) is 8.17. The predicted molar refractivity (Wildman–Crippen MR) is 105 cm³/mol. The summed E-state index contributed by atoms with van der Waals surface area (Å²) in [7, 11) is 0. The number of Topliss-reactive ketones (excluding diaryl/α,β-unsaturated/α-hetero) is 1. The molecule has 0 saturated carbocycles. The highest BCUT2D eigenvalue weighted by Gasteiger charge is 2.57. The molecule has 0 aliphatic carbocycles. The third-order valence-electron chi connectivity index (χ3n) is 5.88. The molecule has 0 spiro atoms. The quantitative estimate of drug-likeness (QED) is 0.716. The Hall–Kier alpha value is -1.63. The normalized spacial score (nSPS) is 26.3. The molecule has 1 aromatic rings. The molecule has 3 rings (SSSR count). The van der Waals surface area contributed by atoms with Crippen molar-refractivity contribution < 1.29 is 14.7 Å². The van der Waals surface area contributed by atoms with Crippen molar-refractivity contribution in [3.05, 3.63) is 34.9 Å². The zero-order chi connectivity index (χ0) is 19.6. The van der Waals surface area contributed by atoms with Crippen LogP contribution in [0.25, 0.3) is 0 Å². The number of nitrogens with one attached hydrogen (secondary N) is 2. The number of ketones is 1. The van der Waals surface area contributed by atoms with Crippen molar-refractivity contribution in [1.29, 1.82) is 0 Å². The van der Waals surface area contributed by atoms with Crippen LogP contribution in [0.1, 0.15) is 38.2 Å². The fraction of sp³-hybridized carbons (Fsp3) is 0.600. The summed E-state index contributed by atoms with van der Waals surface area (Å²) in [5.41, 5.74) is -0.158. The molecule has 2 fully saturated rings. The van der Waals surface area contributed by atoms with Crippen LogP contribution in [-0.4, -0.2) is 59.6 Å². The molecular formula is C20H28ClN3O3. The SMILES string of the molecule is CC(C)N(C(=O)O)[C@@]1(C(=O)C2CCNCC2)CNC[C@@H]1c1ccc(Cl)cc1. The number of carboxylic acid groups (broad SMARTS) is 1. The van der Waals surface area contributed by atoms with Crippen LogP contribution in [-0.2, 0) is 4.79 Å². The molecule has 1 amide bonds. The first-order chi connectivity index (χ1) is 12.9. The molecule has 0 aromatic heterocycles. The van der Waals surface area contributed by atoms with Crippen LogP contribution in [0, 0.1) is 5.92 Å². The van der Waals surface area contributed by atoms with E-state index in [1.54, 1.807) is 12.1 Å². The summed E-state index contributed by atoms with van der Waals surface area (Å²) in [6.45, 7) is 6.16. The van der Waals surface area contributed by atoms with Gasteiger partial charge in [-0.15, -0.1) is 0 Å². The van der Waals surface area contributed by atoms with Gasteiger partial charge in [0.05, 0.1) is 0 Å². The Morgan fingerprint density at radius 1 is 1.19 bits per heavy atom. The molecule has 0 bridgehead atoms. The lowest BCUT2D eigenvalue weighted by molar-refractivity contribution is -0.136. The van der Waals surface area contributed by atoms with E-state index in [2.05, 4.69) is 10.6 Å². The van der Waals surface area contributed by atoms with Gasteiger partial charge in [-0.2, -0.15) is 0 Å². The van der Waals surface area contributed by atoms with Gasteiger partial charge in [-0.25, -0.2) is 4.79 Å². The maximum atomic E-state index is 13.8. The van der Waals surface area contributed by atoms with E-state index in [0.29, 0.717) is 18.1 Å². The van der Waals surface area contributed by atoms with E-state index < -0.39 is 11.6 Å². The summed E-state index contributed by atoms with van der Waals surface area (Å²) < 4.78 is 0. The van der Waals surface area contributed by atoms with Crippen LogP contribution in [0.2, 0.25) is 5.02 Å². The molecule has 1 aromatic carbocycles. The van der Waals surface area contributed by atoms with Crippen LogP contribution in [0.5, 0.6) is 0 Å². The van der Waals surface area contributed by atoms with Crippen LogP contribution in [0.4, 0.5) is 4.79 Å². The maximum absolute atomic E-state index is 13.8. The predicted octanol–water partition coefficient (Wildman–Crippen LogP) is 2.72. The number of rotatable bonds is 5. The standard InChI is InChI=1S/C20H28ClN3O3/c1-13(2)24(19(26)27)20(18(25)15-7-9-22-10-8-15)12-23-11-17(20)14-3-5-16(21)6-4-14/h3-6,13,15,17,22-23H,7-12H2,1-2H3,(H,26,27)/t17-,20+/m1/s1. The third-order valence-corrected chi connectivity index (χ3v) is 6.13. The monoisotopic (exact) mass is 393 g/mol. The van der Waals surface area contributed by atoms with Crippen molar-refractivity contribution in [3.8, 4) is 0 Å². The van der Waals surface area contributed by atoms with E-state index in [9.17, 15) is 14.7 Å². The molecule has 0 unspecified atom stereocenters. The lowest BCUT2D eigenvalue weighted by atomic mass is 9.71. The lowest BCUT2D eigenvalue weighted by Gasteiger charge is -2.46. The number of benzene rings is 1. The number of hydrogen-bond donors (Lipinski definition) is 3. The van der Waals surface area contributed by atoms with E-state index in [0.717, 1.165) is 31.5 Å². The van der Waals surface area contributed by atoms with Crippen LogP contribution >= 0.6 is 11.6 Å². The molecule has 0 radical (unpaired) electrons. The number of carbonyl (C=O) groups is 2. The Bertz CT molecular complexity index is 688. The number of amides is 1. The van der Waals surface area contributed by atoms with Gasteiger partial charge in [-0.1, -0.05) is 23.7 Å². The van der Waals surface area contributed by atoms with Crippen molar-refractivity contribution in [2.75, 3.05) is 26.2 Å². The molecule has 2 aliphatic rings. The summed E-state index contributed by atoms with van der Waals surface area (Å²) in [6, 6.07) is 7.11. The molecule has 6 nitrogen and oxygen atoms in total. The molecule has 7 heteroatoms. The van der Waals surface area contributed by atoms with Gasteiger partial charge in [0.2, 0.25) is 0 Å². The zero-order valence-electron chi connectivity index (χ0n) is 15.9. The van der Waals surface area contributed by atoms with Gasteiger partial charge in [-0.05, 0) is 57.5 Å². The minimum Gasteiger partial charge on any atom is -0.465 e. The fourth-order valence-corrected chi connectivity index (χ4v) is 4.83. The second-order valence-corrected chi connectivity index (χ2v) is 8.23. The first kappa shape index (κ1) is 20.1. The number of hydrogen-bond acceptors (Lipinski definition) is 4. The minimum absolute atomic E-state index is 0.0463. The van der Waals surface area contributed by atoms with E-state index in [1.165, 1.54) is 4.90 Å². The van der Waals surface area contributed by atoms with Gasteiger partial charge >= 0.3 is 6.09 Å². The lowest BCUT2D eigenvalue weighted by Crippen LogP contribution is -2.65. The third kappa shape index (κ3) is 3.71. The van der Waals surface area contributed by atoms with Gasteiger partial charge in [0, 0.05) is 36.0 Å². The average Bonchev–Trinajstić information content (AvgIpc) is 3.07. The molecule has 2 atom stereocenters. The Kier molecular flexibility index (Phi) is 6.08. The van der Waals surface area contributed by atoms with Crippen molar-refractivity contribution in [1.82, 2.24) is 15.5 Å². The fourth-order valence-electron chi connectivity index (χ4n) is 4.71. The summed E-state index contributed by atoms with van der Waals surface area (Å²) in [6.07, 6.45) is 0.453. The van der Waals surface area contributed by atoms with Gasteiger partial charge in [0.15, 0.2) is 5.78 Å². The van der Waals surface area contributed by atoms with Gasteiger partial charge < -0.3 is 15.7 Å². The highest BCUT2D eigenvalue weighted by Crippen LogP contribution is 2.42. The van der Waals surface area contributed by atoms with Gasteiger partial charge in [0.1, 0.15) is 5.54 Å². The maximum Gasteiger partial charge on any atom is 0.408 e. The van der Waals surface area contributed by atoms with Crippen molar-refractivity contribution in [2.24, 2.45) is 5.92 Å².